The first-order chi connectivity index (χ1) is 7.40. The lowest BCUT2D eigenvalue weighted by molar-refractivity contribution is -0.119. The van der Waals surface area contributed by atoms with Crippen LogP contribution >= 0.6 is 0 Å². The maximum absolute atomic E-state index is 10.6. The number of hydrogen-bond donors (Lipinski definition) is 2. The molecule has 8 heteroatoms. The van der Waals surface area contributed by atoms with E-state index in [-0.39, 0.29) is 22.3 Å². The molecular formula is C8H14N2O4S2. The number of amides is 2. The van der Waals surface area contributed by atoms with E-state index in [9.17, 15) is 18.0 Å². The molecule has 0 spiro atoms. The molecule has 16 heavy (non-hydrogen) atoms. The smallest absolute Gasteiger partial charge is 0.232 e. The maximum Gasteiger partial charge on any atom is 0.232 e. The second-order valence-corrected chi connectivity index (χ2v) is 6.88. The third kappa shape index (κ3) is 3.67. The molecule has 2 aliphatic rings. The molecule has 4 unspecified atom stereocenters. The Kier molecular flexibility index (Phi) is 4.60. The van der Waals surface area contributed by atoms with Crippen molar-refractivity contribution in [1.82, 2.24) is 9.44 Å². The molecule has 2 N–H and O–H groups in total. The normalized spacial score (nSPS) is 37.4. The van der Waals surface area contributed by atoms with Gasteiger partial charge < -0.3 is 0 Å². The molecule has 0 saturated carbocycles. The van der Waals surface area contributed by atoms with Crippen molar-refractivity contribution in [3.05, 3.63) is 0 Å². The molecule has 4 atom stereocenters. The Morgan fingerprint density at radius 3 is 1.31 bits per heavy atom. The molecule has 0 aromatic carbocycles. The molecule has 2 amide bonds. The average molecular weight is 266 g/mol. The van der Waals surface area contributed by atoms with Crippen LogP contribution in [0.1, 0.15) is 26.7 Å². The molecule has 0 aliphatic carbocycles. The molecule has 6 nitrogen and oxygen atoms in total. The summed E-state index contributed by atoms with van der Waals surface area (Å²) in [6.45, 7) is 3.57. The van der Waals surface area contributed by atoms with E-state index >= 15 is 0 Å². The molecule has 0 aromatic rings. The van der Waals surface area contributed by atoms with E-state index in [0.717, 1.165) is 0 Å². The first kappa shape index (κ1) is 13.3. The minimum Gasteiger partial charge on any atom is -0.275 e. The number of carbonyl (C=O) groups excluding carboxylic acids is 2. The molecule has 2 fully saturated rings. The highest BCUT2D eigenvalue weighted by atomic mass is 32.2. The first-order valence-electron chi connectivity index (χ1n) is 4.80. The number of carbonyl (C=O) groups is 2. The van der Waals surface area contributed by atoms with Gasteiger partial charge in [0.2, 0.25) is 11.8 Å². The zero-order valence-electron chi connectivity index (χ0n) is 9.02. The second kappa shape index (κ2) is 5.53. The fourth-order valence-corrected chi connectivity index (χ4v) is 2.81. The van der Waals surface area contributed by atoms with Crippen LogP contribution in [0.4, 0.5) is 0 Å². The van der Waals surface area contributed by atoms with Crippen molar-refractivity contribution in [2.75, 3.05) is 0 Å². The maximum atomic E-state index is 10.6. The summed E-state index contributed by atoms with van der Waals surface area (Å²) in [5, 5.41) is 0.00463. The zero-order valence-corrected chi connectivity index (χ0v) is 10.7. The number of nitrogens with one attached hydrogen (secondary N) is 2. The van der Waals surface area contributed by atoms with Gasteiger partial charge in [0, 0.05) is 12.8 Å². The average Bonchev–Trinajstić information content (AvgIpc) is 2.58. The van der Waals surface area contributed by atoms with Crippen molar-refractivity contribution >= 4 is 33.8 Å². The Balaban J connectivity index is 0.000000160. The van der Waals surface area contributed by atoms with Crippen molar-refractivity contribution in [1.29, 1.82) is 0 Å². The predicted molar refractivity (Wildman–Crippen MR) is 60.7 cm³/mol. The quantitative estimate of drug-likeness (QED) is 0.595. The van der Waals surface area contributed by atoms with Crippen molar-refractivity contribution in [3.63, 3.8) is 0 Å². The highest BCUT2D eigenvalue weighted by Gasteiger charge is 2.24. The largest absolute Gasteiger partial charge is 0.275 e. The number of hydrogen-bond acceptors (Lipinski definition) is 4. The van der Waals surface area contributed by atoms with Crippen molar-refractivity contribution < 1.29 is 18.0 Å². The van der Waals surface area contributed by atoms with E-state index in [1.807, 2.05) is 0 Å². The minimum absolute atomic E-state index is 0.00231. The van der Waals surface area contributed by atoms with Crippen LogP contribution in [0, 0.1) is 0 Å². The van der Waals surface area contributed by atoms with Gasteiger partial charge in [-0.05, 0) is 13.8 Å². The van der Waals surface area contributed by atoms with Gasteiger partial charge in [-0.3, -0.25) is 19.0 Å². The highest BCUT2D eigenvalue weighted by molar-refractivity contribution is 7.85. The molecule has 0 bridgehead atoms. The molecule has 2 aliphatic heterocycles. The van der Waals surface area contributed by atoms with E-state index in [2.05, 4.69) is 9.44 Å². The fourth-order valence-electron chi connectivity index (χ4n) is 1.18. The summed E-state index contributed by atoms with van der Waals surface area (Å²) in [6, 6.07) is 0. The second-order valence-electron chi connectivity index (χ2n) is 3.67. The van der Waals surface area contributed by atoms with Gasteiger partial charge in [-0.15, -0.1) is 0 Å². The van der Waals surface area contributed by atoms with Crippen LogP contribution in [0.2, 0.25) is 0 Å². The summed E-state index contributed by atoms with van der Waals surface area (Å²) in [5.41, 5.74) is 0. The zero-order chi connectivity index (χ0) is 12.3. The molecule has 2 rings (SSSR count). The molecule has 0 radical (unpaired) electrons. The molecule has 92 valence electrons. The van der Waals surface area contributed by atoms with Crippen molar-refractivity contribution in [2.24, 2.45) is 0 Å². The van der Waals surface area contributed by atoms with Gasteiger partial charge in [0.15, 0.2) is 0 Å². The van der Waals surface area contributed by atoms with Gasteiger partial charge in [0.25, 0.3) is 0 Å². The molecular weight excluding hydrogens is 252 g/mol. The summed E-state index contributed by atoms with van der Waals surface area (Å²) in [7, 11) is -2.19. The number of rotatable bonds is 0. The molecule has 2 heterocycles. The minimum atomic E-state index is -1.10. The lowest BCUT2D eigenvalue weighted by Gasteiger charge is -1.90. The summed E-state index contributed by atoms with van der Waals surface area (Å²) in [4.78, 5) is 20.7. The Morgan fingerprint density at radius 2 is 1.25 bits per heavy atom. The van der Waals surface area contributed by atoms with Crippen LogP contribution in [0.15, 0.2) is 0 Å². The van der Waals surface area contributed by atoms with E-state index in [1.165, 1.54) is 0 Å². The Bertz CT molecular complexity index is 324. The molecule has 2 saturated heterocycles. The van der Waals surface area contributed by atoms with E-state index in [1.54, 1.807) is 13.8 Å². The van der Waals surface area contributed by atoms with Crippen molar-refractivity contribution in [2.45, 2.75) is 37.2 Å². The summed E-state index contributed by atoms with van der Waals surface area (Å²) in [6.07, 6.45) is 0.819. The van der Waals surface area contributed by atoms with Gasteiger partial charge in [0.1, 0.15) is 22.0 Å². The first-order valence-corrected chi connectivity index (χ1v) is 7.23. The third-order valence-electron chi connectivity index (χ3n) is 2.11. The van der Waals surface area contributed by atoms with Crippen LogP contribution in [-0.4, -0.2) is 30.7 Å². The van der Waals surface area contributed by atoms with E-state index in [4.69, 9.17) is 0 Å². The predicted octanol–water partition coefficient (Wildman–Crippen LogP) is -0.883. The van der Waals surface area contributed by atoms with Gasteiger partial charge in [-0.25, -0.2) is 8.42 Å². The van der Waals surface area contributed by atoms with E-state index < -0.39 is 22.0 Å². The summed E-state index contributed by atoms with van der Waals surface area (Å²) in [5.74, 6) is -0.202. The van der Waals surface area contributed by atoms with Crippen LogP contribution in [0.25, 0.3) is 0 Å². The van der Waals surface area contributed by atoms with Crippen molar-refractivity contribution in [3.8, 4) is 0 Å². The van der Waals surface area contributed by atoms with Gasteiger partial charge in [-0.1, -0.05) is 0 Å². The topological polar surface area (TPSA) is 92.3 Å². The van der Waals surface area contributed by atoms with Crippen LogP contribution in [0.3, 0.4) is 0 Å². The van der Waals surface area contributed by atoms with Crippen LogP contribution in [0.5, 0.6) is 0 Å². The third-order valence-corrected chi connectivity index (χ3v) is 4.76. The summed E-state index contributed by atoms with van der Waals surface area (Å²) < 4.78 is 25.7. The molecule has 0 aromatic heterocycles. The van der Waals surface area contributed by atoms with Gasteiger partial charge in [0.05, 0.1) is 10.5 Å². The SMILES string of the molecule is CC1CC(=O)NS1=O.CC1CC(=O)NS1=O. The lowest BCUT2D eigenvalue weighted by atomic mass is 10.3. The Morgan fingerprint density at radius 1 is 0.938 bits per heavy atom. The van der Waals surface area contributed by atoms with Gasteiger partial charge >= 0.3 is 0 Å². The van der Waals surface area contributed by atoms with E-state index in [0.29, 0.717) is 12.8 Å². The Hall–Kier alpha value is -0.760. The monoisotopic (exact) mass is 266 g/mol. The Labute approximate surface area is 98.7 Å². The summed E-state index contributed by atoms with van der Waals surface area (Å²) >= 11 is 0. The fraction of sp³-hybridized carbons (Fsp3) is 0.750. The van der Waals surface area contributed by atoms with Crippen LogP contribution < -0.4 is 9.44 Å². The van der Waals surface area contributed by atoms with Crippen LogP contribution in [-0.2, 0) is 31.6 Å². The van der Waals surface area contributed by atoms with Gasteiger partial charge in [-0.2, -0.15) is 0 Å². The lowest BCUT2D eigenvalue weighted by Crippen LogP contribution is -2.15. The standard InChI is InChI=1S/2C4H7NO2S/c2*1-3-2-4(6)5-8(3)7/h2*3H,2H2,1H3,(H,5,6). The highest BCUT2D eigenvalue weighted by Crippen LogP contribution is 2.06.